The molecule has 0 aromatic rings. The zero-order chi connectivity index (χ0) is 10.4. The molecule has 1 aliphatic rings. The number of hydrogen-bond donors (Lipinski definition) is 1. The molecule has 0 aromatic carbocycles. The number of rotatable bonds is 5. The summed E-state index contributed by atoms with van der Waals surface area (Å²) in [7, 11) is 1.80. The highest BCUT2D eigenvalue weighted by atomic mass is 16.5. The van der Waals surface area contributed by atoms with Crippen molar-refractivity contribution in [1.82, 2.24) is 5.32 Å². The van der Waals surface area contributed by atoms with Crippen LogP contribution in [0.2, 0.25) is 0 Å². The fourth-order valence-electron chi connectivity index (χ4n) is 2.62. The van der Waals surface area contributed by atoms with Crippen molar-refractivity contribution in [3.63, 3.8) is 0 Å². The van der Waals surface area contributed by atoms with Gasteiger partial charge in [0, 0.05) is 19.8 Å². The Hall–Kier alpha value is -0.0800. The molecule has 0 saturated heterocycles. The van der Waals surface area contributed by atoms with Gasteiger partial charge in [-0.25, -0.2) is 0 Å². The van der Waals surface area contributed by atoms with E-state index >= 15 is 0 Å². The van der Waals surface area contributed by atoms with Crippen LogP contribution in [0.25, 0.3) is 0 Å². The molecule has 14 heavy (non-hydrogen) atoms. The van der Waals surface area contributed by atoms with E-state index in [0.717, 1.165) is 31.0 Å². The molecular formula is C12H25NO. The number of nitrogens with one attached hydrogen (secondary N) is 1. The second kappa shape index (κ2) is 6.41. The second-order valence-corrected chi connectivity index (χ2v) is 4.62. The number of hydrogen-bond acceptors (Lipinski definition) is 2. The Morgan fingerprint density at radius 1 is 1.36 bits per heavy atom. The third kappa shape index (κ3) is 3.58. The maximum atomic E-state index is 5.18. The summed E-state index contributed by atoms with van der Waals surface area (Å²) < 4.78 is 5.18. The standard InChI is InChI=1S/C12H25NO/c1-4-13-12-6-5-10(2)9-11(12)7-8-14-3/h10-13H,4-9H2,1-3H3. The van der Waals surface area contributed by atoms with E-state index in [9.17, 15) is 0 Å². The van der Waals surface area contributed by atoms with E-state index in [-0.39, 0.29) is 0 Å². The van der Waals surface area contributed by atoms with Gasteiger partial charge in [0.1, 0.15) is 0 Å². The van der Waals surface area contributed by atoms with Crippen molar-refractivity contribution in [3.05, 3.63) is 0 Å². The van der Waals surface area contributed by atoms with Gasteiger partial charge in [-0.05, 0) is 44.1 Å². The van der Waals surface area contributed by atoms with E-state index in [4.69, 9.17) is 4.74 Å². The molecule has 1 N–H and O–H groups in total. The van der Waals surface area contributed by atoms with Crippen molar-refractivity contribution in [2.45, 2.75) is 45.6 Å². The molecule has 1 saturated carbocycles. The van der Waals surface area contributed by atoms with Crippen LogP contribution in [0.1, 0.15) is 39.5 Å². The molecule has 84 valence electrons. The van der Waals surface area contributed by atoms with Gasteiger partial charge in [0.2, 0.25) is 0 Å². The molecular weight excluding hydrogens is 174 g/mol. The van der Waals surface area contributed by atoms with E-state index in [0.29, 0.717) is 0 Å². The largest absolute Gasteiger partial charge is 0.385 e. The maximum Gasteiger partial charge on any atom is 0.0465 e. The Kier molecular flexibility index (Phi) is 5.49. The molecule has 0 bridgehead atoms. The minimum atomic E-state index is 0.742. The van der Waals surface area contributed by atoms with Crippen molar-refractivity contribution >= 4 is 0 Å². The van der Waals surface area contributed by atoms with Crippen molar-refractivity contribution in [3.8, 4) is 0 Å². The summed E-state index contributed by atoms with van der Waals surface area (Å²) in [6, 6.07) is 0.742. The highest BCUT2D eigenvalue weighted by Gasteiger charge is 2.27. The van der Waals surface area contributed by atoms with Gasteiger partial charge in [0.25, 0.3) is 0 Å². The summed E-state index contributed by atoms with van der Waals surface area (Å²) in [6.45, 7) is 6.59. The van der Waals surface area contributed by atoms with Gasteiger partial charge >= 0.3 is 0 Å². The van der Waals surface area contributed by atoms with Crippen LogP contribution in [0.3, 0.4) is 0 Å². The average Bonchev–Trinajstić information content (AvgIpc) is 2.18. The quantitative estimate of drug-likeness (QED) is 0.734. The van der Waals surface area contributed by atoms with Crippen LogP contribution in [0.15, 0.2) is 0 Å². The second-order valence-electron chi connectivity index (χ2n) is 4.62. The third-order valence-corrected chi connectivity index (χ3v) is 3.40. The summed E-state index contributed by atoms with van der Waals surface area (Å²) in [6.07, 6.45) is 5.34. The summed E-state index contributed by atoms with van der Waals surface area (Å²) in [4.78, 5) is 0. The highest BCUT2D eigenvalue weighted by molar-refractivity contribution is 4.83. The van der Waals surface area contributed by atoms with Crippen LogP contribution in [0.4, 0.5) is 0 Å². The molecule has 0 amide bonds. The Balaban J connectivity index is 2.37. The van der Waals surface area contributed by atoms with Gasteiger partial charge in [0.15, 0.2) is 0 Å². The lowest BCUT2D eigenvalue weighted by Crippen LogP contribution is -2.40. The van der Waals surface area contributed by atoms with Gasteiger partial charge in [-0.1, -0.05) is 13.8 Å². The zero-order valence-corrected chi connectivity index (χ0v) is 9.88. The fraction of sp³-hybridized carbons (Fsp3) is 1.00. The molecule has 2 nitrogen and oxygen atoms in total. The lowest BCUT2D eigenvalue weighted by atomic mass is 9.77. The van der Waals surface area contributed by atoms with Crippen molar-refractivity contribution in [2.24, 2.45) is 11.8 Å². The van der Waals surface area contributed by atoms with E-state index in [1.165, 1.54) is 25.7 Å². The Morgan fingerprint density at radius 2 is 2.14 bits per heavy atom. The van der Waals surface area contributed by atoms with Crippen LogP contribution in [0.5, 0.6) is 0 Å². The Morgan fingerprint density at radius 3 is 2.79 bits per heavy atom. The van der Waals surface area contributed by atoms with E-state index in [1.807, 2.05) is 0 Å². The summed E-state index contributed by atoms with van der Waals surface area (Å²) in [5, 5.41) is 3.61. The van der Waals surface area contributed by atoms with Crippen LogP contribution < -0.4 is 5.32 Å². The molecule has 1 aliphatic carbocycles. The van der Waals surface area contributed by atoms with Gasteiger partial charge in [-0.15, -0.1) is 0 Å². The zero-order valence-electron chi connectivity index (χ0n) is 9.88. The molecule has 1 fully saturated rings. The highest BCUT2D eigenvalue weighted by Crippen LogP contribution is 2.31. The molecule has 0 spiro atoms. The first kappa shape index (κ1) is 12.0. The van der Waals surface area contributed by atoms with Crippen molar-refractivity contribution in [2.75, 3.05) is 20.3 Å². The minimum Gasteiger partial charge on any atom is -0.385 e. The topological polar surface area (TPSA) is 21.3 Å². The van der Waals surface area contributed by atoms with Crippen molar-refractivity contribution < 1.29 is 4.74 Å². The maximum absolute atomic E-state index is 5.18. The van der Waals surface area contributed by atoms with Crippen LogP contribution in [-0.4, -0.2) is 26.3 Å². The van der Waals surface area contributed by atoms with Gasteiger partial charge in [-0.3, -0.25) is 0 Å². The molecule has 0 aromatic heterocycles. The van der Waals surface area contributed by atoms with Gasteiger partial charge in [0.05, 0.1) is 0 Å². The molecule has 3 atom stereocenters. The molecule has 0 heterocycles. The monoisotopic (exact) mass is 199 g/mol. The Bertz CT molecular complexity index is 149. The molecule has 3 unspecified atom stereocenters. The fourth-order valence-corrected chi connectivity index (χ4v) is 2.62. The van der Waals surface area contributed by atoms with Crippen LogP contribution in [0, 0.1) is 11.8 Å². The number of methoxy groups -OCH3 is 1. The lowest BCUT2D eigenvalue weighted by molar-refractivity contribution is 0.135. The van der Waals surface area contributed by atoms with Crippen LogP contribution >= 0.6 is 0 Å². The SMILES string of the molecule is CCNC1CCC(C)CC1CCOC. The van der Waals surface area contributed by atoms with E-state index in [2.05, 4.69) is 19.2 Å². The Labute approximate surface area is 88.4 Å². The number of ether oxygens (including phenoxy) is 1. The molecule has 2 heteroatoms. The van der Waals surface area contributed by atoms with E-state index in [1.54, 1.807) is 7.11 Å². The average molecular weight is 199 g/mol. The van der Waals surface area contributed by atoms with Crippen molar-refractivity contribution in [1.29, 1.82) is 0 Å². The molecule has 0 aliphatic heterocycles. The van der Waals surface area contributed by atoms with Gasteiger partial charge in [-0.2, -0.15) is 0 Å². The summed E-state index contributed by atoms with van der Waals surface area (Å²) in [5.41, 5.74) is 0. The smallest absolute Gasteiger partial charge is 0.0465 e. The lowest BCUT2D eigenvalue weighted by Gasteiger charge is -2.35. The van der Waals surface area contributed by atoms with Crippen LogP contribution in [-0.2, 0) is 4.74 Å². The minimum absolute atomic E-state index is 0.742. The summed E-state index contributed by atoms with van der Waals surface area (Å²) >= 11 is 0. The first-order valence-corrected chi connectivity index (χ1v) is 6.00. The predicted octanol–water partition coefficient (Wildman–Crippen LogP) is 2.44. The normalized spacial score (nSPS) is 33.2. The molecule has 1 rings (SSSR count). The van der Waals surface area contributed by atoms with Gasteiger partial charge < -0.3 is 10.1 Å². The van der Waals surface area contributed by atoms with E-state index < -0.39 is 0 Å². The predicted molar refractivity (Wildman–Crippen MR) is 60.5 cm³/mol. The third-order valence-electron chi connectivity index (χ3n) is 3.40. The molecule has 0 radical (unpaired) electrons. The first-order valence-electron chi connectivity index (χ1n) is 6.00. The summed E-state index contributed by atoms with van der Waals surface area (Å²) in [5.74, 6) is 1.74. The first-order chi connectivity index (χ1) is 6.77.